The third-order valence-electron chi connectivity index (χ3n) is 2.99. The second kappa shape index (κ2) is 6.07. The summed E-state index contributed by atoms with van der Waals surface area (Å²) in [5.41, 5.74) is 7.45. The predicted molar refractivity (Wildman–Crippen MR) is 64.0 cm³/mol. The second-order valence-electron chi connectivity index (χ2n) is 4.11. The second-order valence-corrected chi connectivity index (χ2v) is 4.11. The van der Waals surface area contributed by atoms with Gasteiger partial charge >= 0.3 is 0 Å². The Labute approximate surface area is 100 Å². The number of aliphatic hydroxyl groups is 1. The lowest BCUT2D eigenvalue weighted by Gasteiger charge is -2.21. The van der Waals surface area contributed by atoms with Crippen LogP contribution in [0.5, 0.6) is 0 Å². The fourth-order valence-corrected chi connectivity index (χ4v) is 1.85. The molecule has 0 saturated carbocycles. The van der Waals surface area contributed by atoms with Crippen LogP contribution in [0.3, 0.4) is 0 Å². The van der Waals surface area contributed by atoms with Gasteiger partial charge in [0, 0.05) is 5.56 Å². The molecule has 0 amide bonds. The molecule has 2 unspecified atom stereocenters. The molecule has 0 aliphatic carbocycles. The Hall–Kier alpha value is -1.00. The molecule has 2 nitrogen and oxygen atoms in total. The van der Waals surface area contributed by atoms with Crippen molar-refractivity contribution in [2.75, 3.05) is 0 Å². The number of halogens is 2. The summed E-state index contributed by atoms with van der Waals surface area (Å²) in [6.07, 6.45) is -1.94. The van der Waals surface area contributed by atoms with E-state index in [2.05, 4.69) is 0 Å². The largest absolute Gasteiger partial charge is 0.391 e. The Morgan fingerprint density at radius 3 is 2.41 bits per heavy atom. The quantitative estimate of drug-likeness (QED) is 0.835. The van der Waals surface area contributed by atoms with Crippen molar-refractivity contribution in [3.63, 3.8) is 0 Å². The van der Waals surface area contributed by atoms with Gasteiger partial charge in [0.05, 0.1) is 12.1 Å². The van der Waals surface area contributed by atoms with E-state index in [1.54, 1.807) is 6.07 Å². The molecule has 17 heavy (non-hydrogen) atoms. The summed E-state index contributed by atoms with van der Waals surface area (Å²) in [4.78, 5) is 0. The van der Waals surface area contributed by atoms with E-state index in [0.717, 1.165) is 11.1 Å². The van der Waals surface area contributed by atoms with Gasteiger partial charge in [0.2, 0.25) is 0 Å². The molecule has 3 N–H and O–H groups in total. The maximum absolute atomic E-state index is 12.6. The first kappa shape index (κ1) is 14.1. The van der Waals surface area contributed by atoms with Gasteiger partial charge in [-0.2, -0.15) is 0 Å². The van der Waals surface area contributed by atoms with Crippen LogP contribution in [0.15, 0.2) is 18.2 Å². The summed E-state index contributed by atoms with van der Waals surface area (Å²) >= 11 is 0. The lowest BCUT2D eigenvalue weighted by molar-refractivity contribution is 0.140. The van der Waals surface area contributed by atoms with Gasteiger partial charge in [-0.15, -0.1) is 0 Å². The minimum Gasteiger partial charge on any atom is -0.391 e. The highest BCUT2D eigenvalue weighted by atomic mass is 19.3. The van der Waals surface area contributed by atoms with Crippen LogP contribution in [0.25, 0.3) is 0 Å². The molecule has 1 rings (SSSR count). The van der Waals surface area contributed by atoms with Crippen LogP contribution in [0.2, 0.25) is 0 Å². The van der Waals surface area contributed by atoms with E-state index < -0.39 is 18.6 Å². The van der Waals surface area contributed by atoms with Crippen LogP contribution < -0.4 is 5.73 Å². The maximum atomic E-state index is 12.6. The average Bonchev–Trinajstić information content (AvgIpc) is 2.35. The Kier molecular flexibility index (Phi) is 5.02. The van der Waals surface area contributed by atoms with Gasteiger partial charge in [-0.25, -0.2) is 8.78 Å². The van der Waals surface area contributed by atoms with Crippen LogP contribution in [0, 0.1) is 0 Å². The third-order valence-corrected chi connectivity index (χ3v) is 2.99. The van der Waals surface area contributed by atoms with E-state index in [1.807, 2.05) is 13.8 Å². The number of hydrogen-bond donors (Lipinski definition) is 2. The van der Waals surface area contributed by atoms with Crippen LogP contribution in [0.1, 0.15) is 49.4 Å². The van der Waals surface area contributed by atoms with Gasteiger partial charge in [-0.1, -0.05) is 26.0 Å². The lowest BCUT2D eigenvalue weighted by atomic mass is 9.93. The van der Waals surface area contributed by atoms with Crippen molar-refractivity contribution in [3.8, 4) is 0 Å². The molecule has 1 aromatic rings. The molecule has 4 heteroatoms. The molecular formula is C13H19F2NO. The van der Waals surface area contributed by atoms with E-state index >= 15 is 0 Å². The number of hydrogen-bond acceptors (Lipinski definition) is 2. The highest BCUT2D eigenvalue weighted by Crippen LogP contribution is 2.26. The van der Waals surface area contributed by atoms with Crippen LogP contribution in [-0.2, 0) is 6.42 Å². The van der Waals surface area contributed by atoms with Crippen LogP contribution in [0.4, 0.5) is 8.78 Å². The summed E-state index contributed by atoms with van der Waals surface area (Å²) in [5.74, 6) is 0. The number of rotatable bonds is 5. The van der Waals surface area contributed by atoms with E-state index in [9.17, 15) is 13.9 Å². The Balaban J connectivity index is 3.08. The topological polar surface area (TPSA) is 46.2 Å². The third kappa shape index (κ3) is 3.23. The first-order valence-electron chi connectivity index (χ1n) is 5.85. The average molecular weight is 243 g/mol. The highest BCUT2D eigenvalue weighted by molar-refractivity contribution is 5.35. The van der Waals surface area contributed by atoms with Gasteiger partial charge in [0.25, 0.3) is 6.43 Å². The van der Waals surface area contributed by atoms with Crippen molar-refractivity contribution in [2.45, 2.75) is 45.3 Å². The molecule has 0 spiro atoms. The molecular weight excluding hydrogens is 224 g/mol. The zero-order valence-corrected chi connectivity index (χ0v) is 10.2. The summed E-state index contributed by atoms with van der Waals surface area (Å²) in [6.45, 7) is 3.73. The van der Waals surface area contributed by atoms with E-state index in [0.29, 0.717) is 12.8 Å². The SMILES string of the molecule is CCc1cc(C(F)F)ccc1C(N)C(O)CC. The molecule has 0 aliphatic rings. The van der Waals surface area contributed by atoms with Crippen LogP contribution >= 0.6 is 0 Å². The van der Waals surface area contributed by atoms with Gasteiger partial charge in [0.1, 0.15) is 0 Å². The standard InChI is InChI=1S/C13H19F2NO/c1-3-8-7-9(13(14)15)5-6-10(8)12(16)11(17)4-2/h5-7,11-13,17H,3-4,16H2,1-2H3. The number of aliphatic hydroxyl groups excluding tert-OH is 1. The van der Waals surface area contributed by atoms with Gasteiger partial charge in [0.15, 0.2) is 0 Å². The molecule has 0 radical (unpaired) electrons. The number of benzene rings is 1. The summed E-state index contributed by atoms with van der Waals surface area (Å²) in [7, 11) is 0. The number of alkyl halides is 2. The van der Waals surface area contributed by atoms with Gasteiger partial charge in [-0.05, 0) is 30.0 Å². The molecule has 0 bridgehead atoms. The minimum absolute atomic E-state index is 0.00351. The molecule has 96 valence electrons. The summed E-state index contributed by atoms with van der Waals surface area (Å²) in [5, 5.41) is 9.71. The van der Waals surface area contributed by atoms with Crippen molar-refractivity contribution in [1.29, 1.82) is 0 Å². The molecule has 0 saturated heterocycles. The molecule has 0 heterocycles. The lowest BCUT2D eigenvalue weighted by Crippen LogP contribution is -2.26. The van der Waals surface area contributed by atoms with Crippen molar-refractivity contribution in [1.82, 2.24) is 0 Å². The van der Waals surface area contributed by atoms with E-state index in [-0.39, 0.29) is 5.56 Å². The van der Waals surface area contributed by atoms with E-state index in [4.69, 9.17) is 5.73 Å². The monoisotopic (exact) mass is 243 g/mol. The molecule has 2 atom stereocenters. The normalized spacial score (nSPS) is 15.0. The summed E-state index contributed by atoms with van der Waals surface area (Å²) < 4.78 is 25.1. The first-order valence-corrected chi connectivity index (χ1v) is 5.85. The first-order chi connectivity index (χ1) is 8.01. The Bertz CT molecular complexity index is 368. The number of aryl methyl sites for hydroxylation is 1. The number of nitrogens with two attached hydrogens (primary N) is 1. The molecule has 1 aromatic carbocycles. The van der Waals surface area contributed by atoms with E-state index in [1.165, 1.54) is 12.1 Å². The minimum atomic E-state index is -2.47. The van der Waals surface area contributed by atoms with Crippen molar-refractivity contribution in [2.24, 2.45) is 5.73 Å². The van der Waals surface area contributed by atoms with Crippen molar-refractivity contribution < 1.29 is 13.9 Å². The summed E-state index contributed by atoms with van der Waals surface area (Å²) in [6, 6.07) is 3.94. The Morgan fingerprint density at radius 2 is 1.94 bits per heavy atom. The zero-order chi connectivity index (χ0) is 13.0. The van der Waals surface area contributed by atoms with Crippen LogP contribution in [-0.4, -0.2) is 11.2 Å². The smallest absolute Gasteiger partial charge is 0.263 e. The molecule has 0 aromatic heterocycles. The highest BCUT2D eigenvalue weighted by Gasteiger charge is 2.19. The van der Waals surface area contributed by atoms with Crippen molar-refractivity contribution >= 4 is 0 Å². The molecule has 0 aliphatic heterocycles. The fraction of sp³-hybridized carbons (Fsp3) is 0.538. The van der Waals surface area contributed by atoms with Crippen molar-refractivity contribution in [3.05, 3.63) is 34.9 Å². The fourth-order valence-electron chi connectivity index (χ4n) is 1.85. The molecule has 0 fully saturated rings. The predicted octanol–water partition coefficient (Wildman–Crippen LogP) is 2.96. The van der Waals surface area contributed by atoms with Gasteiger partial charge < -0.3 is 10.8 Å². The Morgan fingerprint density at radius 1 is 1.29 bits per heavy atom. The van der Waals surface area contributed by atoms with Gasteiger partial charge in [-0.3, -0.25) is 0 Å². The maximum Gasteiger partial charge on any atom is 0.263 e. The zero-order valence-electron chi connectivity index (χ0n) is 10.2.